The molecule has 0 aromatic rings. The molecule has 1 aliphatic rings. The first-order valence-electron chi connectivity index (χ1n) is 4.98. The Labute approximate surface area is 91.2 Å². The molecule has 0 saturated carbocycles. The molecular weight excluding hydrogens is 225 g/mol. The minimum Gasteiger partial charge on any atom is -0.379 e. The number of aliphatic hydroxyl groups is 1. The molecule has 1 amide bonds. The van der Waals surface area contributed by atoms with Crippen LogP contribution in [0.2, 0.25) is 0 Å². The van der Waals surface area contributed by atoms with Crippen LogP contribution in [0.15, 0.2) is 0 Å². The van der Waals surface area contributed by atoms with Gasteiger partial charge in [0, 0.05) is 25.4 Å². The normalized spacial score (nSPS) is 28.2. The molecule has 7 heteroatoms. The monoisotopic (exact) mass is 240 g/mol. The summed E-state index contributed by atoms with van der Waals surface area (Å²) in [5, 5.41) is 9.33. The van der Waals surface area contributed by atoms with E-state index < -0.39 is 36.7 Å². The number of likely N-dealkylation sites (tertiary alicyclic amines) is 1. The van der Waals surface area contributed by atoms with Gasteiger partial charge in [-0.15, -0.1) is 0 Å². The second-order valence-electron chi connectivity index (χ2n) is 4.28. The second-order valence-corrected chi connectivity index (χ2v) is 4.28. The van der Waals surface area contributed by atoms with Crippen LogP contribution >= 0.6 is 0 Å². The van der Waals surface area contributed by atoms with E-state index in [9.17, 15) is 23.1 Å². The largest absolute Gasteiger partial charge is 0.419 e. The maximum Gasteiger partial charge on any atom is 0.419 e. The van der Waals surface area contributed by atoms with Gasteiger partial charge in [0.2, 0.25) is 5.91 Å². The van der Waals surface area contributed by atoms with Crippen molar-refractivity contribution in [1.82, 2.24) is 4.90 Å². The lowest BCUT2D eigenvalue weighted by molar-refractivity contribution is -0.253. The molecule has 2 unspecified atom stereocenters. The lowest BCUT2D eigenvalue weighted by Gasteiger charge is -2.26. The summed E-state index contributed by atoms with van der Waals surface area (Å²) in [5.74, 6) is -0.449. The molecule has 1 heterocycles. The molecule has 0 radical (unpaired) electrons. The Morgan fingerprint density at radius 1 is 1.62 bits per heavy atom. The zero-order valence-corrected chi connectivity index (χ0v) is 8.92. The molecule has 0 bridgehead atoms. The molecule has 0 aromatic heterocycles. The summed E-state index contributed by atoms with van der Waals surface area (Å²) in [6.07, 6.45) is -5.18. The van der Waals surface area contributed by atoms with Crippen LogP contribution in [0, 0.1) is 0 Å². The number of carbonyl (C=O) groups excluding carboxylic acids is 1. The molecule has 2 atom stereocenters. The number of hydrogen-bond donors (Lipinski definition) is 2. The molecule has 1 rings (SSSR count). The quantitative estimate of drug-likeness (QED) is 0.727. The number of carbonyl (C=O) groups is 1. The zero-order valence-electron chi connectivity index (χ0n) is 8.92. The number of alkyl halides is 3. The Morgan fingerprint density at radius 3 is 2.56 bits per heavy atom. The highest BCUT2D eigenvalue weighted by Crippen LogP contribution is 2.37. The number of hydrogen-bond acceptors (Lipinski definition) is 3. The zero-order chi connectivity index (χ0) is 12.6. The molecular formula is C9H15F3N2O2. The van der Waals surface area contributed by atoms with Crippen molar-refractivity contribution in [1.29, 1.82) is 0 Å². The van der Waals surface area contributed by atoms with Gasteiger partial charge in [-0.25, -0.2) is 0 Å². The summed E-state index contributed by atoms with van der Waals surface area (Å²) in [6.45, 7) is 0.827. The van der Waals surface area contributed by atoms with Crippen LogP contribution in [0.5, 0.6) is 0 Å². The van der Waals surface area contributed by atoms with Crippen molar-refractivity contribution in [2.45, 2.75) is 37.6 Å². The SMILES string of the molecule is CC(N)CC(=O)N1CCC(O)(C(F)(F)F)C1. The lowest BCUT2D eigenvalue weighted by atomic mass is 10.0. The molecule has 16 heavy (non-hydrogen) atoms. The van der Waals surface area contributed by atoms with Gasteiger partial charge in [0.05, 0.1) is 6.54 Å². The van der Waals surface area contributed by atoms with Gasteiger partial charge in [0.15, 0.2) is 5.60 Å². The van der Waals surface area contributed by atoms with E-state index in [1.165, 1.54) is 0 Å². The van der Waals surface area contributed by atoms with E-state index in [1.54, 1.807) is 6.92 Å². The number of rotatable bonds is 2. The summed E-state index contributed by atoms with van der Waals surface area (Å²) < 4.78 is 37.3. The number of nitrogens with zero attached hydrogens (tertiary/aromatic N) is 1. The van der Waals surface area contributed by atoms with E-state index in [4.69, 9.17) is 5.73 Å². The van der Waals surface area contributed by atoms with E-state index in [0.29, 0.717) is 0 Å². The maximum atomic E-state index is 12.4. The van der Waals surface area contributed by atoms with Crippen molar-refractivity contribution in [2.24, 2.45) is 5.73 Å². The Balaban J connectivity index is 2.62. The predicted octanol–water partition coefficient (Wildman–Crippen LogP) is 0.249. The first-order chi connectivity index (χ1) is 7.16. The summed E-state index contributed by atoms with van der Waals surface area (Å²) in [6, 6.07) is -0.396. The Hall–Kier alpha value is -0.820. The van der Waals surface area contributed by atoms with Crippen LogP contribution in [0.3, 0.4) is 0 Å². The maximum absolute atomic E-state index is 12.4. The summed E-state index contributed by atoms with van der Waals surface area (Å²) in [4.78, 5) is 12.4. The summed E-state index contributed by atoms with van der Waals surface area (Å²) in [5.41, 5.74) is 2.62. The average molecular weight is 240 g/mol. The van der Waals surface area contributed by atoms with Gasteiger partial charge >= 0.3 is 6.18 Å². The predicted molar refractivity (Wildman–Crippen MR) is 50.5 cm³/mol. The van der Waals surface area contributed by atoms with Gasteiger partial charge in [0.1, 0.15) is 0 Å². The van der Waals surface area contributed by atoms with Crippen molar-refractivity contribution in [3.8, 4) is 0 Å². The van der Waals surface area contributed by atoms with E-state index in [0.717, 1.165) is 4.90 Å². The molecule has 94 valence electrons. The fourth-order valence-corrected chi connectivity index (χ4v) is 1.64. The minimum absolute atomic E-state index is 0.00601. The van der Waals surface area contributed by atoms with Gasteiger partial charge in [-0.1, -0.05) is 0 Å². The molecule has 0 aliphatic carbocycles. The molecule has 1 aliphatic heterocycles. The van der Waals surface area contributed by atoms with Crippen molar-refractivity contribution < 1.29 is 23.1 Å². The molecule has 4 nitrogen and oxygen atoms in total. The highest BCUT2D eigenvalue weighted by Gasteiger charge is 2.57. The second kappa shape index (κ2) is 4.21. The van der Waals surface area contributed by atoms with Crippen LogP contribution in [0.25, 0.3) is 0 Å². The molecule has 0 aromatic carbocycles. The highest BCUT2D eigenvalue weighted by molar-refractivity contribution is 5.77. The van der Waals surface area contributed by atoms with Crippen LogP contribution in [0.4, 0.5) is 13.2 Å². The van der Waals surface area contributed by atoms with Gasteiger partial charge < -0.3 is 15.7 Å². The highest BCUT2D eigenvalue weighted by atomic mass is 19.4. The number of amides is 1. The number of β-amino-alcohol motifs (C(OH)–C–C–N with tert-alkyl or cyclic N) is 1. The molecule has 1 fully saturated rings. The smallest absolute Gasteiger partial charge is 0.379 e. The van der Waals surface area contributed by atoms with Crippen molar-refractivity contribution in [3.05, 3.63) is 0 Å². The van der Waals surface area contributed by atoms with E-state index in [1.807, 2.05) is 0 Å². The Kier molecular flexibility index (Phi) is 3.49. The molecule has 0 spiro atoms. The van der Waals surface area contributed by atoms with Crippen LogP contribution < -0.4 is 5.73 Å². The number of nitrogens with two attached hydrogens (primary N) is 1. The Morgan fingerprint density at radius 2 is 2.19 bits per heavy atom. The third-order valence-electron chi connectivity index (χ3n) is 2.62. The van der Waals surface area contributed by atoms with Crippen molar-refractivity contribution in [3.63, 3.8) is 0 Å². The lowest BCUT2D eigenvalue weighted by Crippen LogP contribution is -2.48. The topological polar surface area (TPSA) is 66.6 Å². The van der Waals surface area contributed by atoms with E-state index >= 15 is 0 Å². The van der Waals surface area contributed by atoms with Gasteiger partial charge in [0.25, 0.3) is 0 Å². The van der Waals surface area contributed by atoms with Crippen LogP contribution in [0.1, 0.15) is 19.8 Å². The van der Waals surface area contributed by atoms with Crippen LogP contribution in [-0.2, 0) is 4.79 Å². The molecule has 3 N–H and O–H groups in total. The van der Waals surface area contributed by atoms with Crippen LogP contribution in [-0.4, -0.2) is 46.8 Å². The van der Waals surface area contributed by atoms with Gasteiger partial charge in [-0.05, 0) is 6.92 Å². The average Bonchev–Trinajstić information content (AvgIpc) is 2.46. The third kappa shape index (κ3) is 2.65. The molecule has 1 saturated heterocycles. The first-order valence-corrected chi connectivity index (χ1v) is 4.98. The standard InChI is InChI=1S/C9H15F3N2O2/c1-6(13)4-7(15)14-3-2-8(16,5-14)9(10,11)12/h6,16H,2-5,13H2,1H3. The van der Waals surface area contributed by atoms with Crippen molar-refractivity contribution in [2.75, 3.05) is 13.1 Å². The van der Waals surface area contributed by atoms with E-state index in [-0.39, 0.29) is 13.0 Å². The van der Waals surface area contributed by atoms with Gasteiger partial charge in [-0.3, -0.25) is 4.79 Å². The first kappa shape index (κ1) is 13.2. The van der Waals surface area contributed by atoms with E-state index in [2.05, 4.69) is 0 Å². The van der Waals surface area contributed by atoms with Gasteiger partial charge in [-0.2, -0.15) is 13.2 Å². The Bertz CT molecular complexity index is 280. The summed E-state index contributed by atoms with van der Waals surface area (Å²) in [7, 11) is 0. The number of halogens is 3. The summed E-state index contributed by atoms with van der Waals surface area (Å²) >= 11 is 0. The fourth-order valence-electron chi connectivity index (χ4n) is 1.64. The fraction of sp³-hybridized carbons (Fsp3) is 0.889. The van der Waals surface area contributed by atoms with Crippen molar-refractivity contribution >= 4 is 5.91 Å². The minimum atomic E-state index is -4.70. The third-order valence-corrected chi connectivity index (χ3v) is 2.62.